The molecular formula is C21H18N2O2S. The minimum atomic E-state index is 0.0223. The van der Waals surface area contributed by atoms with Gasteiger partial charge < -0.3 is 9.64 Å². The largest absolute Gasteiger partial charge is 0.487 e. The fraction of sp³-hybridized carbons (Fsp3) is 0.143. The van der Waals surface area contributed by atoms with Crippen LogP contribution < -0.4 is 4.74 Å². The molecule has 4 aromatic rings. The van der Waals surface area contributed by atoms with E-state index in [-0.39, 0.29) is 5.91 Å². The minimum absolute atomic E-state index is 0.0223. The smallest absolute Gasteiger partial charge is 0.263 e. The van der Waals surface area contributed by atoms with Gasteiger partial charge in [0.25, 0.3) is 5.91 Å². The zero-order valence-corrected chi connectivity index (χ0v) is 15.4. The molecular weight excluding hydrogens is 344 g/mol. The molecule has 0 saturated heterocycles. The van der Waals surface area contributed by atoms with E-state index in [9.17, 15) is 4.79 Å². The summed E-state index contributed by atoms with van der Waals surface area (Å²) in [4.78, 5) is 19.1. The van der Waals surface area contributed by atoms with E-state index in [0.29, 0.717) is 6.61 Å². The first-order valence-corrected chi connectivity index (χ1v) is 9.14. The van der Waals surface area contributed by atoms with Crippen LogP contribution in [0.15, 0.2) is 60.7 Å². The van der Waals surface area contributed by atoms with Crippen LogP contribution in [0.25, 0.3) is 21.0 Å². The number of thiophene rings is 1. The summed E-state index contributed by atoms with van der Waals surface area (Å²) in [5.41, 5.74) is 1.85. The van der Waals surface area contributed by atoms with Gasteiger partial charge in [-0.3, -0.25) is 4.79 Å². The molecule has 0 atom stereocenters. The van der Waals surface area contributed by atoms with E-state index < -0.39 is 0 Å². The van der Waals surface area contributed by atoms with Crippen molar-refractivity contribution >= 4 is 38.2 Å². The summed E-state index contributed by atoms with van der Waals surface area (Å²) < 4.78 is 6.99. The summed E-state index contributed by atoms with van der Waals surface area (Å²) in [6.45, 7) is 0.407. The number of amides is 1. The molecule has 0 spiro atoms. The highest BCUT2D eigenvalue weighted by molar-refractivity contribution is 7.20. The van der Waals surface area contributed by atoms with Crippen LogP contribution in [-0.4, -0.2) is 29.9 Å². The number of pyridine rings is 1. The Morgan fingerprint density at radius 1 is 1.04 bits per heavy atom. The lowest BCUT2D eigenvalue weighted by Gasteiger charge is -2.07. The number of benzene rings is 2. The van der Waals surface area contributed by atoms with Gasteiger partial charge >= 0.3 is 0 Å². The summed E-state index contributed by atoms with van der Waals surface area (Å²) >= 11 is 1.50. The third-order valence-electron chi connectivity index (χ3n) is 4.15. The number of rotatable bonds is 4. The molecule has 0 aliphatic heterocycles. The van der Waals surface area contributed by atoms with Gasteiger partial charge in [-0.25, -0.2) is 4.98 Å². The zero-order valence-electron chi connectivity index (χ0n) is 14.6. The van der Waals surface area contributed by atoms with E-state index in [0.717, 1.165) is 37.3 Å². The number of carbonyl (C=O) groups excluding carboxylic acids is 1. The van der Waals surface area contributed by atoms with Crippen molar-refractivity contribution in [3.63, 3.8) is 0 Å². The SMILES string of the molecule is CN(C)C(=O)c1cc2cc(OCc3ccc4ccccc4n3)ccc2s1. The molecule has 1 amide bonds. The first-order chi connectivity index (χ1) is 12.6. The summed E-state index contributed by atoms with van der Waals surface area (Å²) in [7, 11) is 3.52. The molecule has 0 N–H and O–H groups in total. The Bertz CT molecular complexity index is 1100. The quantitative estimate of drug-likeness (QED) is 0.527. The summed E-state index contributed by atoms with van der Waals surface area (Å²) in [5, 5.41) is 2.14. The number of aromatic nitrogens is 1. The van der Waals surface area contributed by atoms with E-state index >= 15 is 0 Å². The van der Waals surface area contributed by atoms with E-state index in [4.69, 9.17) is 4.74 Å². The molecule has 0 saturated carbocycles. The molecule has 4 nitrogen and oxygen atoms in total. The zero-order chi connectivity index (χ0) is 18.1. The van der Waals surface area contributed by atoms with Gasteiger partial charge in [0.2, 0.25) is 0 Å². The van der Waals surface area contributed by atoms with E-state index in [2.05, 4.69) is 11.1 Å². The van der Waals surface area contributed by atoms with Crippen molar-refractivity contribution in [2.45, 2.75) is 6.61 Å². The van der Waals surface area contributed by atoms with E-state index in [1.807, 2.05) is 54.6 Å². The molecule has 0 aliphatic rings. The van der Waals surface area contributed by atoms with Crippen LogP contribution in [0.3, 0.4) is 0 Å². The van der Waals surface area contributed by atoms with E-state index in [1.165, 1.54) is 11.3 Å². The number of hydrogen-bond acceptors (Lipinski definition) is 4. The third kappa shape index (κ3) is 3.26. The lowest BCUT2D eigenvalue weighted by atomic mass is 10.2. The highest BCUT2D eigenvalue weighted by atomic mass is 32.1. The fourth-order valence-electron chi connectivity index (χ4n) is 2.78. The Morgan fingerprint density at radius 3 is 2.73 bits per heavy atom. The molecule has 0 radical (unpaired) electrons. The second-order valence-electron chi connectivity index (χ2n) is 6.29. The number of hydrogen-bond donors (Lipinski definition) is 0. The Labute approximate surface area is 155 Å². The van der Waals surface area contributed by atoms with Crippen molar-refractivity contribution in [2.75, 3.05) is 14.1 Å². The van der Waals surface area contributed by atoms with Gasteiger partial charge in [-0.1, -0.05) is 24.3 Å². The molecule has 26 heavy (non-hydrogen) atoms. The second-order valence-corrected chi connectivity index (χ2v) is 7.38. The van der Waals surface area contributed by atoms with Gasteiger partial charge in [0.15, 0.2) is 0 Å². The molecule has 4 rings (SSSR count). The fourth-order valence-corrected chi connectivity index (χ4v) is 3.85. The van der Waals surface area contributed by atoms with Gasteiger partial charge in [0.1, 0.15) is 12.4 Å². The van der Waals surface area contributed by atoms with Crippen LogP contribution in [-0.2, 0) is 6.61 Å². The average Bonchev–Trinajstić information content (AvgIpc) is 3.08. The lowest BCUT2D eigenvalue weighted by molar-refractivity contribution is 0.0832. The number of nitrogens with zero attached hydrogens (tertiary/aromatic N) is 2. The maximum atomic E-state index is 12.1. The van der Waals surface area contributed by atoms with Crippen LogP contribution in [0.2, 0.25) is 0 Å². The predicted octanol–water partition coefficient (Wildman–Crippen LogP) is 4.73. The number of ether oxygens (including phenoxy) is 1. The second kappa shape index (κ2) is 6.77. The maximum Gasteiger partial charge on any atom is 0.263 e. The van der Waals surface area contributed by atoms with Crippen molar-refractivity contribution in [1.82, 2.24) is 9.88 Å². The topological polar surface area (TPSA) is 42.4 Å². The molecule has 0 fully saturated rings. The molecule has 0 aliphatic carbocycles. The van der Waals surface area contributed by atoms with Crippen molar-refractivity contribution < 1.29 is 9.53 Å². The Kier molecular flexibility index (Phi) is 4.31. The van der Waals surface area contributed by atoms with Crippen LogP contribution >= 0.6 is 11.3 Å². The lowest BCUT2D eigenvalue weighted by Crippen LogP contribution is -2.20. The van der Waals surface area contributed by atoms with E-state index in [1.54, 1.807) is 19.0 Å². The van der Waals surface area contributed by atoms with Gasteiger partial charge in [0, 0.05) is 24.2 Å². The van der Waals surface area contributed by atoms with Gasteiger partial charge in [-0.2, -0.15) is 0 Å². The van der Waals surface area contributed by atoms with Gasteiger partial charge in [-0.15, -0.1) is 11.3 Å². The summed E-state index contributed by atoms with van der Waals surface area (Å²) in [5.74, 6) is 0.795. The van der Waals surface area contributed by atoms with Crippen LogP contribution in [0, 0.1) is 0 Å². The molecule has 0 unspecified atom stereocenters. The van der Waals surface area contributed by atoms with Crippen molar-refractivity contribution in [1.29, 1.82) is 0 Å². The molecule has 2 aromatic heterocycles. The van der Waals surface area contributed by atoms with Crippen LogP contribution in [0.5, 0.6) is 5.75 Å². The van der Waals surface area contributed by atoms with Crippen LogP contribution in [0.4, 0.5) is 0 Å². The Balaban J connectivity index is 1.53. The predicted molar refractivity (Wildman–Crippen MR) is 106 cm³/mol. The minimum Gasteiger partial charge on any atom is -0.487 e. The monoisotopic (exact) mass is 362 g/mol. The molecule has 5 heteroatoms. The Hall–Kier alpha value is -2.92. The van der Waals surface area contributed by atoms with Crippen molar-refractivity contribution in [2.24, 2.45) is 0 Å². The molecule has 130 valence electrons. The van der Waals surface area contributed by atoms with Gasteiger partial charge in [-0.05, 0) is 41.8 Å². The van der Waals surface area contributed by atoms with Crippen LogP contribution in [0.1, 0.15) is 15.4 Å². The first-order valence-electron chi connectivity index (χ1n) is 8.33. The summed E-state index contributed by atoms with van der Waals surface area (Å²) in [6.07, 6.45) is 0. The third-order valence-corrected chi connectivity index (χ3v) is 5.25. The average molecular weight is 362 g/mol. The molecule has 2 heterocycles. The standard InChI is InChI=1S/C21H18N2O2S/c1-23(2)21(24)20-12-15-11-17(9-10-19(15)26-20)25-13-16-8-7-14-5-3-4-6-18(14)22-16/h3-12H,13H2,1-2H3. The number of fused-ring (bicyclic) bond motifs is 2. The highest BCUT2D eigenvalue weighted by Crippen LogP contribution is 2.30. The first kappa shape index (κ1) is 16.5. The molecule has 0 bridgehead atoms. The van der Waals surface area contributed by atoms with Crippen molar-refractivity contribution in [3.05, 3.63) is 71.2 Å². The maximum absolute atomic E-state index is 12.1. The van der Waals surface area contributed by atoms with Crippen molar-refractivity contribution in [3.8, 4) is 5.75 Å². The highest BCUT2D eigenvalue weighted by Gasteiger charge is 2.12. The van der Waals surface area contributed by atoms with Gasteiger partial charge in [0.05, 0.1) is 16.1 Å². The molecule has 2 aromatic carbocycles. The number of carbonyl (C=O) groups is 1. The normalized spacial score (nSPS) is 11.0. The number of para-hydroxylation sites is 1. The Morgan fingerprint density at radius 2 is 1.88 bits per heavy atom. The summed E-state index contributed by atoms with van der Waals surface area (Å²) in [6, 6.07) is 19.9.